The number of rotatable bonds is 3. The monoisotopic (exact) mass is 236 g/mol. The smallest absolute Gasteiger partial charge is 0.143 e. The lowest BCUT2D eigenvalue weighted by molar-refractivity contribution is 0.132. The number of hydrogen-bond acceptors (Lipinski definition) is 3. The van der Waals surface area contributed by atoms with E-state index in [1.54, 1.807) is 0 Å². The standard InChI is InChI=1S/C15H12N2O/c16-10-17-18-9-12-5-3-7-14-13-6-2-1-4-11(13)8-15(12)14/h1-7,16H,8-9H2. The summed E-state index contributed by atoms with van der Waals surface area (Å²) in [5, 5.41) is 10.0. The van der Waals surface area contributed by atoms with Gasteiger partial charge in [0.1, 0.15) is 12.6 Å². The van der Waals surface area contributed by atoms with Gasteiger partial charge in [-0.2, -0.15) is 0 Å². The van der Waals surface area contributed by atoms with Crippen molar-refractivity contribution in [1.29, 1.82) is 5.41 Å². The molecule has 18 heavy (non-hydrogen) atoms. The van der Waals surface area contributed by atoms with Crippen molar-refractivity contribution in [3.8, 4) is 11.1 Å². The van der Waals surface area contributed by atoms with E-state index in [2.05, 4.69) is 35.5 Å². The molecule has 0 aliphatic heterocycles. The van der Waals surface area contributed by atoms with Crippen LogP contribution in [0.1, 0.15) is 16.7 Å². The van der Waals surface area contributed by atoms with Gasteiger partial charge in [0, 0.05) is 0 Å². The summed E-state index contributed by atoms with van der Waals surface area (Å²) in [7, 11) is 0. The average Bonchev–Trinajstić information content (AvgIpc) is 2.79. The molecule has 1 aliphatic carbocycles. The van der Waals surface area contributed by atoms with Crippen LogP contribution in [0.25, 0.3) is 11.1 Å². The molecule has 0 saturated carbocycles. The fourth-order valence-corrected chi connectivity index (χ4v) is 2.49. The summed E-state index contributed by atoms with van der Waals surface area (Å²) in [6, 6.07) is 16.6. The van der Waals surface area contributed by atoms with Crippen LogP contribution in [-0.4, -0.2) is 6.01 Å². The first kappa shape index (κ1) is 10.8. The Morgan fingerprint density at radius 3 is 2.83 bits per heavy atom. The first-order valence-corrected chi connectivity index (χ1v) is 5.83. The molecule has 1 N–H and O–H groups in total. The first-order chi connectivity index (χ1) is 8.90. The van der Waals surface area contributed by atoms with Crippen molar-refractivity contribution in [3.63, 3.8) is 0 Å². The van der Waals surface area contributed by atoms with E-state index in [9.17, 15) is 0 Å². The Kier molecular flexibility index (Phi) is 2.67. The largest absolute Gasteiger partial charge is 0.383 e. The number of nitrogens with one attached hydrogen (secondary N) is 1. The van der Waals surface area contributed by atoms with Gasteiger partial charge in [-0.15, -0.1) is 0 Å². The molecule has 0 fully saturated rings. The van der Waals surface area contributed by atoms with E-state index in [4.69, 9.17) is 10.2 Å². The molecule has 0 bridgehead atoms. The zero-order chi connectivity index (χ0) is 12.4. The Bertz CT molecular complexity index is 643. The topological polar surface area (TPSA) is 45.4 Å². The van der Waals surface area contributed by atoms with Gasteiger partial charge >= 0.3 is 0 Å². The maximum absolute atomic E-state index is 6.69. The number of hydrogen-bond donors (Lipinski definition) is 1. The molecule has 0 heterocycles. The number of fused-ring (bicyclic) bond motifs is 3. The average molecular weight is 236 g/mol. The normalized spacial score (nSPS) is 11.3. The Labute approximate surface area is 105 Å². The highest BCUT2D eigenvalue weighted by Gasteiger charge is 2.20. The molecule has 3 nitrogen and oxygen atoms in total. The predicted molar refractivity (Wildman–Crippen MR) is 69.6 cm³/mol. The van der Waals surface area contributed by atoms with Crippen molar-refractivity contribution in [2.45, 2.75) is 13.0 Å². The molecular weight excluding hydrogens is 224 g/mol. The Morgan fingerprint density at radius 1 is 1.11 bits per heavy atom. The zero-order valence-corrected chi connectivity index (χ0v) is 9.81. The molecule has 1 aliphatic rings. The molecule has 0 aromatic heterocycles. The van der Waals surface area contributed by atoms with Gasteiger partial charge < -0.3 is 4.84 Å². The van der Waals surface area contributed by atoms with Gasteiger partial charge in [0.25, 0.3) is 0 Å². The van der Waals surface area contributed by atoms with E-state index < -0.39 is 0 Å². The molecule has 0 amide bonds. The van der Waals surface area contributed by atoms with Crippen molar-refractivity contribution in [3.05, 3.63) is 59.2 Å². The Balaban J connectivity index is 2.00. The summed E-state index contributed by atoms with van der Waals surface area (Å²) < 4.78 is 0. The van der Waals surface area contributed by atoms with Gasteiger partial charge in [0.2, 0.25) is 0 Å². The molecule has 0 saturated heterocycles. The Hall–Kier alpha value is -2.38. The molecule has 88 valence electrons. The maximum Gasteiger partial charge on any atom is 0.143 e. The molecule has 0 unspecified atom stereocenters. The van der Waals surface area contributed by atoms with E-state index >= 15 is 0 Å². The van der Waals surface area contributed by atoms with E-state index in [0.29, 0.717) is 6.61 Å². The zero-order valence-electron chi connectivity index (χ0n) is 9.81. The third-order valence-electron chi connectivity index (χ3n) is 3.28. The minimum Gasteiger partial charge on any atom is -0.383 e. The molecule has 3 rings (SSSR count). The summed E-state index contributed by atoms with van der Waals surface area (Å²) in [4.78, 5) is 5.02. The molecular formula is C15H12N2O. The van der Waals surface area contributed by atoms with E-state index in [1.807, 2.05) is 18.1 Å². The van der Waals surface area contributed by atoms with E-state index in [0.717, 1.165) is 12.0 Å². The van der Waals surface area contributed by atoms with Crippen LogP contribution in [0.15, 0.2) is 47.6 Å². The Morgan fingerprint density at radius 2 is 1.94 bits per heavy atom. The second kappa shape index (κ2) is 4.47. The molecule has 3 heteroatoms. The van der Waals surface area contributed by atoms with Crippen molar-refractivity contribution >= 4 is 6.01 Å². The lowest BCUT2D eigenvalue weighted by atomic mass is 10.0. The second-order valence-corrected chi connectivity index (χ2v) is 4.25. The highest BCUT2D eigenvalue weighted by molar-refractivity contribution is 5.77. The van der Waals surface area contributed by atoms with Crippen molar-refractivity contribution in [1.82, 2.24) is 0 Å². The summed E-state index contributed by atoms with van der Waals surface area (Å²) in [6.45, 7) is 0.392. The van der Waals surface area contributed by atoms with Crippen LogP contribution < -0.4 is 0 Å². The third-order valence-corrected chi connectivity index (χ3v) is 3.28. The third kappa shape index (κ3) is 1.71. The highest BCUT2D eigenvalue weighted by Crippen LogP contribution is 2.38. The quantitative estimate of drug-likeness (QED) is 0.549. The summed E-state index contributed by atoms with van der Waals surface area (Å²) >= 11 is 0. The second-order valence-electron chi connectivity index (χ2n) is 4.25. The fourth-order valence-electron chi connectivity index (χ4n) is 2.49. The highest BCUT2D eigenvalue weighted by atomic mass is 16.6. The van der Waals surface area contributed by atoms with Crippen LogP contribution in [-0.2, 0) is 17.9 Å². The molecule has 2 aromatic rings. The fraction of sp³-hybridized carbons (Fsp3) is 0.133. The van der Waals surface area contributed by atoms with Crippen LogP contribution in [0.3, 0.4) is 0 Å². The van der Waals surface area contributed by atoms with Crippen LogP contribution in [0.4, 0.5) is 0 Å². The number of nitrogens with zero attached hydrogens (tertiary/aromatic N) is 1. The van der Waals surface area contributed by atoms with Gasteiger partial charge in [0.15, 0.2) is 0 Å². The van der Waals surface area contributed by atoms with Crippen molar-refractivity contribution in [2.75, 3.05) is 0 Å². The van der Waals surface area contributed by atoms with E-state index in [1.165, 1.54) is 22.3 Å². The van der Waals surface area contributed by atoms with Crippen LogP contribution in [0.5, 0.6) is 0 Å². The molecule has 0 atom stereocenters. The van der Waals surface area contributed by atoms with Crippen LogP contribution in [0.2, 0.25) is 0 Å². The van der Waals surface area contributed by atoms with Crippen LogP contribution >= 0.6 is 0 Å². The summed E-state index contributed by atoms with van der Waals surface area (Å²) in [6.07, 6.45) is 0.944. The molecule has 0 spiro atoms. The first-order valence-electron chi connectivity index (χ1n) is 5.83. The van der Waals surface area contributed by atoms with E-state index in [-0.39, 0.29) is 0 Å². The molecule has 2 aromatic carbocycles. The van der Waals surface area contributed by atoms with Gasteiger partial charge in [-0.25, -0.2) is 5.41 Å². The van der Waals surface area contributed by atoms with Crippen molar-refractivity contribution in [2.24, 2.45) is 5.16 Å². The van der Waals surface area contributed by atoms with Crippen molar-refractivity contribution < 1.29 is 4.84 Å². The predicted octanol–water partition coefficient (Wildman–Crippen LogP) is 3.44. The lowest BCUT2D eigenvalue weighted by Gasteiger charge is -2.06. The van der Waals surface area contributed by atoms with Gasteiger partial charge in [0.05, 0.1) is 0 Å². The number of benzene rings is 2. The minimum atomic E-state index is 0.392. The summed E-state index contributed by atoms with van der Waals surface area (Å²) in [5.74, 6) is 0. The van der Waals surface area contributed by atoms with Gasteiger partial charge in [-0.05, 0) is 39.4 Å². The van der Waals surface area contributed by atoms with Gasteiger partial charge in [-0.1, -0.05) is 42.5 Å². The molecule has 0 radical (unpaired) electrons. The lowest BCUT2D eigenvalue weighted by Crippen LogP contribution is -1.93. The maximum atomic E-state index is 6.69. The van der Waals surface area contributed by atoms with Gasteiger partial charge in [-0.3, -0.25) is 0 Å². The minimum absolute atomic E-state index is 0.392. The summed E-state index contributed by atoms with van der Waals surface area (Å²) in [5.41, 5.74) is 6.38. The SMILES string of the molecule is N=C=NOCc1cccc2c1Cc1ccccc1-2. The van der Waals surface area contributed by atoms with Crippen LogP contribution in [0, 0.1) is 5.41 Å².